The molecule has 0 radical (unpaired) electrons. The first-order chi connectivity index (χ1) is 8.11. The van der Waals surface area contributed by atoms with Crippen molar-refractivity contribution < 1.29 is 0 Å². The van der Waals surface area contributed by atoms with E-state index >= 15 is 0 Å². The quantitative estimate of drug-likeness (QED) is 0.924. The van der Waals surface area contributed by atoms with Gasteiger partial charge in [-0.05, 0) is 41.4 Å². The molecule has 0 bridgehead atoms. The number of aryl methyl sites for hydroxylation is 2. The minimum Gasteiger partial charge on any atom is -0.383 e. The summed E-state index contributed by atoms with van der Waals surface area (Å²) in [4.78, 5) is 13.0. The van der Waals surface area contributed by atoms with Crippen LogP contribution >= 0.6 is 15.9 Å². The Labute approximate surface area is 108 Å². The van der Waals surface area contributed by atoms with Gasteiger partial charge in [-0.3, -0.25) is 4.98 Å². The molecule has 17 heavy (non-hydrogen) atoms. The Balaban J connectivity index is 2.52. The number of anilines is 1. The zero-order chi connectivity index (χ0) is 12.4. The first kappa shape index (κ1) is 12.0. The highest BCUT2D eigenvalue weighted by Crippen LogP contribution is 2.25. The Morgan fingerprint density at radius 2 is 2.06 bits per heavy atom. The van der Waals surface area contributed by atoms with Gasteiger partial charge in [0.2, 0.25) is 0 Å². The number of pyridine rings is 1. The summed E-state index contributed by atoms with van der Waals surface area (Å²) in [6, 6.07) is 3.88. The number of aromatic nitrogens is 3. The third-order valence-electron chi connectivity index (χ3n) is 2.45. The molecule has 0 aliphatic rings. The normalized spacial score (nSPS) is 10.5. The molecule has 2 heterocycles. The van der Waals surface area contributed by atoms with Crippen molar-refractivity contribution in [1.82, 2.24) is 15.0 Å². The summed E-state index contributed by atoms with van der Waals surface area (Å²) in [5.41, 5.74) is 8.60. The highest BCUT2D eigenvalue weighted by atomic mass is 79.9. The van der Waals surface area contributed by atoms with Gasteiger partial charge in [0.05, 0.1) is 10.2 Å². The molecule has 0 aromatic carbocycles. The van der Waals surface area contributed by atoms with Crippen LogP contribution in [0.2, 0.25) is 0 Å². The molecule has 88 valence electrons. The Morgan fingerprint density at radius 3 is 2.65 bits per heavy atom. The number of nitrogen functional groups attached to an aromatic ring is 1. The lowest BCUT2D eigenvalue weighted by atomic mass is 10.2. The van der Waals surface area contributed by atoms with Crippen LogP contribution < -0.4 is 5.73 Å². The number of halogens is 1. The van der Waals surface area contributed by atoms with Crippen molar-refractivity contribution in [3.63, 3.8) is 0 Å². The van der Waals surface area contributed by atoms with Gasteiger partial charge in [0, 0.05) is 17.5 Å². The summed E-state index contributed by atoms with van der Waals surface area (Å²) in [7, 11) is 0. The number of nitrogens with two attached hydrogens (primary N) is 1. The average molecular weight is 293 g/mol. The molecule has 0 saturated heterocycles. The maximum absolute atomic E-state index is 5.85. The van der Waals surface area contributed by atoms with E-state index in [9.17, 15) is 0 Å². The van der Waals surface area contributed by atoms with Gasteiger partial charge in [0.15, 0.2) is 5.82 Å². The molecule has 0 atom stereocenters. The molecule has 0 aliphatic heterocycles. The van der Waals surface area contributed by atoms with E-state index in [0.29, 0.717) is 11.6 Å². The zero-order valence-electron chi connectivity index (χ0n) is 9.74. The molecule has 0 aliphatic carbocycles. The second-order valence-corrected chi connectivity index (χ2v) is 4.53. The Hall–Kier alpha value is -1.49. The molecule has 0 fully saturated rings. The van der Waals surface area contributed by atoms with Gasteiger partial charge in [-0.15, -0.1) is 0 Å². The second-order valence-electron chi connectivity index (χ2n) is 3.73. The average Bonchev–Trinajstić information content (AvgIpc) is 2.33. The van der Waals surface area contributed by atoms with Crippen molar-refractivity contribution in [3.8, 4) is 11.4 Å². The van der Waals surface area contributed by atoms with Gasteiger partial charge in [0.25, 0.3) is 0 Å². The van der Waals surface area contributed by atoms with E-state index in [0.717, 1.165) is 27.8 Å². The lowest BCUT2D eigenvalue weighted by Gasteiger charge is -2.07. The van der Waals surface area contributed by atoms with Crippen molar-refractivity contribution in [1.29, 1.82) is 0 Å². The van der Waals surface area contributed by atoms with Crippen molar-refractivity contribution in [2.75, 3.05) is 5.73 Å². The fourth-order valence-corrected chi connectivity index (χ4v) is 1.93. The number of hydrogen-bond acceptors (Lipinski definition) is 4. The van der Waals surface area contributed by atoms with Gasteiger partial charge < -0.3 is 5.73 Å². The fourth-order valence-electron chi connectivity index (χ4n) is 1.48. The van der Waals surface area contributed by atoms with Gasteiger partial charge >= 0.3 is 0 Å². The third kappa shape index (κ3) is 2.44. The second kappa shape index (κ2) is 4.79. The Kier molecular flexibility index (Phi) is 3.38. The van der Waals surface area contributed by atoms with Gasteiger partial charge in [0.1, 0.15) is 5.82 Å². The van der Waals surface area contributed by atoms with E-state index in [1.54, 1.807) is 6.20 Å². The summed E-state index contributed by atoms with van der Waals surface area (Å²) >= 11 is 3.39. The highest BCUT2D eigenvalue weighted by molar-refractivity contribution is 9.10. The van der Waals surface area contributed by atoms with Gasteiger partial charge in [-0.2, -0.15) is 0 Å². The lowest BCUT2D eigenvalue weighted by molar-refractivity contribution is 0.993. The number of hydrogen-bond donors (Lipinski definition) is 1. The molecular formula is C12H13BrN4. The molecule has 0 spiro atoms. The minimum absolute atomic E-state index is 0.465. The summed E-state index contributed by atoms with van der Waals surface area (Å²) in [6.45, 7) is 3.97. The minimum atomic E-state index is 0.465. The van der Waals surface area contributed by atoms with Crippen LogP contribution in [0.5, 0.6) is 0 Å². The molecule has 2 rings (SSSR count). The fraction of sp³-hybridized carbons (Fsp3) is 0.250. The zero-order valence-corrected chi connectivity index (χ0v) is 11.3. The van der Waals surface area contributed by atoms with Crippen LogP contribution in [-0.2, 0) is 6.42 Å². The van der Waals surface area contributed by atoms with E-state index < -0.39 is 0 Å². The molecular weight excluding hydrogens is 280 g/mol. The maximum atomic E-state index is 5.85. The lowest BCUT2D eigenvalue weighted by Crippen LogP contribution is -2.02. The molecule has 5 heteroatoms. The van der Waals surface area contributed by atoms with Crippen LogP contribution in [0, 0.1) is 6.92 Å². The van der Waals surface area contributed by atoms with Crippen LogP contribution in [0.25, 0.3) is 11.4 Å². The standard InChI is InChI=1S/C12H13BrN4/c1-3-9-10(13)11(14)17-12(16-9)8-5-4-7(2)15-6-8/h4-6H,3H2,1-2H3,(H2,14,16,17). The van der Waals surface area contributed by atoms with Crippen LogP contribution in [0.15, 0.2) is 22.8 Å². The summed E-state index contributed by atoms with van der Waals surface area (Å²) in [5, 5.41) is 0. The van der Waals surface area contributed by atoms with Gasteiger partial charge in [-0.25, -0.2) is 9.97 Å². The number of nitrogens with zero attached hydrogens (tertiary/aromatic N) is 3. The van der Waals surface area contributed by atoms with E-state index in [4.69, 9.17) is 5.73 Å². The van der Waals surface area contributed by atoms with Crippen molar-refractivity contribution >= 4 is 21.7 Å². The van der Waals surface area contributed by atoms with Gasteiger partial charge in [-0.1, -0.05) is 6.92 Å². The van der Waals surface area contributed by atoms with Crippen molar-refractivity contribution in [2.45, 2.75) is 20.3 Å². The third-order valence-corrected chi connectivity index (χ3v) is 3.31. The molecule has 2 aromatic heterocycles. The summed E-state index contributed by atoms with van der Waals surface area (Å²) < 4.78 is 0.781. The van der Waals surface area contributed by atoms with E-state index in [2.05, 4.69) is 30.9 Å². The van der Waals surface area contributed by atoms with E-state index in [1.807, 2.05) is 26.0 Å². The maximum Gasteiger partial charge on any atom is 0.163 e. The van der Waals surface area contributed by atoms with Crippen molar-refractivity contribution in [2.24, 2.45) is 0 Å². The number of rotatable bonds is 2. The monoisotopic (exact) mass is 292 g/mol. The largest absolute Gasteiger partial charge is 0.383 e. The molecule has 2 aromatic rings. The first-order valence-corrected chi connectivity index (χ1v) is 6.16. The van der Waals surface area contributed by atoms with Crippen LogP contribution in [0.4, 0.5) is 5.82 Å². The molecule has 0 saturated carbocycles. The van der Waals surface area contributed by atoms with Crippen LogP contribution in [0.3, 0.4) is 0 Å². The predicted octanol–water partition coefficient (Wildman–Crippen LogP) is 2.75. The topological polar surface area (TPSA) is 64.7 Å². The smallest absolute Gasteiger partial charge is 0.163 e. The SMILES string of the molecule is CCc1nc(-c2ccc(C)nc2)nc(N)c1Br. The van der Waals surface area contributed by atoms with E-state index in [-0.39, 0.29) is 0 Å². The first-order valence-electron chi connectivity index (χ1n) is 5.36. The summed E-state index contributed by atoms with van der Waals surface area (Å²) in [5.74, 6) is 1.09. The molecule has 4 nitrogen and oxygen atoms in total. The molecule has 0 amide bonds. The predicted molar refractivity (Wildman–Crippen MR) is 71.5 cm³/mol. The van der Waals surface area contributed by atoms with Crippen LogP contribution in [-0.4, -0.2) is 15.0 Å². The molecule has 0 unspecified atom stereocenters. The Bertz CT molecular complexity index is 537. The molecule has 2 N–H and O–H groups in total. The summed E-state index contributed by atoms with van der Waals surface area (Å²) in [6.07, 6.45) is 2.57. The highest BCUT2D eigenvalue weighted by Gasteiger charge is 2.10. The van der Waals surface area contributed by atoms with Crippen LogP contribution in [0.1, 0.15) is 18.3 Å². The Morgan fingerprint density at radius 1 is 1.29 bits per heavy atom. The van der Waals surface area contributed by atoms with Crippen molar-refractivity contribution in [3.05, 3.63) is 34.2 Å². The van der Waals surface area contributed by atoms with E-state index in [1.165, 1.54) is 0 Å².